The second-order valence-corrected chi connectivity index (χ2v) is 9.09. The van der Waals surface area contributed by atoms with E-state index in [0.717, 1.165) is 0 Å². The normalized spacial score (nSPS) is 27.8. The van der Waals surface area contributed by atoms with Crippen LogP contribution in [0.15, 0.2) is 18.2 Å². The Hall–Kier alpha value is -3.31. The number of Topliss-reactive ketones (excluding diaryl/α,β-unsaturated/α-hetero) is 1. The van der Waals surface area contributed by atoms with Crippen molar-refractivity contribution < 1.29 is 43.9 Å². The smallest absolute Gasteiger partial charge is 0.202 e. The molecule has 1 fully saturated rings. The first-order valence-electron chi connectivity index (χ1n) is 11.3. The fourth-order valence-electron chi connectivity index (χ4n) is 5.20. The van der Waals surface area contributed by atoms with E-state index in [1.54, 1.807) is 13.0 Å². The van der Waals surface area contributed by atoms with Crippen LogP contribution in [0.1, 0.15) is 68.8 Å². The maximum Gasteiger partial charge on any atom is 0.202 e. The van der Waals surface area contributed by atoms with Gasteiger partial charge in [0, 0.05) is 42.0 Å². The fourth-order valence-corrected chi connectivity index (χ4v) is 5.20. The first-order chi connectivity index (χ1) is 16.6. The minimum atomic E-state index is -1.07. The highest BCUT2D eigenvalue weighted by Crippen LogP contribution is 2.50. The van der Waals surface area contributed by atoms with Gasteiger partial charge in [-0.15, -0.1) is 0 Å². The minimum absolute atomic E-state index is 0.0177. The number of aromatic hydroxyl groups is 2. The van der Waals surface area contributed by atoms with Gasteiger partial charge in [0.2, 0.25) is 5.78 Å². The van der Waals surface area contributed by atoms with E-state index in [1.807, 2.05) is 0 Å². The summed E-state index contributed by atoms with van der Waals surface area (Å²) in [6, 6.07) is 3.88. The molecule has 0 amide bonds. The molecule has 5 rings (SSSR count). The third-order valence-corrected chi connectivity index (χ3v) is 6.94. The molecule has 10 nitrogen and oxygen atoms in total. The number of ether oxygens (including phenoxy) is 3. The number of hydrogen-bond acceptors (Lipinski definition) is 10. The van der Waals surface area contributed by atoms with Gasteiger partial charge in [-0.25, -0.2) is 0 Å². The Kier molecular flexibility index (Phi) is 5.64. The molecule has 0 spiro atoms. The number of aliphatic hydroxyl groups excluding tert-OH is 1. The number of aliphatic hydroxyl groups is 1. The first kappa shape index (κ1) is 23.4. The number of benzene rings is 2. The van der Waals surface area contributed by atoms with Crippen LogP contribution in [0.4, 0.5) is 0 Å². The van der Waals surface area contributed by atoms with Gasteiger partial charge in [-0.3, -0.25) is 14.4 Å². The zero-order chi connectivity index (χ0) is 25.2. The van der Waals surface area contributed by atoms with Crippen LogP contribution in [0, 0.1) is 0 Å². The van der Waals surface area contributed by atoms with Crippen molar-refractivity contribution in [2.75, 3.05) is 7.11 Å². The number of ketones is 3. The zero-order valence-corrected chi connectivity index (χ0v) is 19.1. The molecule has 5 atom stereocenters. The van der Waals surface area contributed by atoms with Gasteiger partial charge in [0.05, 0.1) is 42.1 Å². The first-order valence-corrected chi connectivity index (χ1v) is 11.3. The lowest BCUT2D eigenvalue weighted by molar-refractivity contribution is -0.241. The van der Waals surface area contributed by atoms with Crippen LogP contribution in [0.5, 0.6) is 17.2 Å². The predicted octanol–water partition coefficient (Wildman–Crippen LogP) is 1.28. The molecule has 2 aromatic carbocycles. The van der Waals surface area contributed by atoms with E-state index in [2.05, 4.69) is 0 Å². The molecule has 0 radical (unpaired) electrons. The third kappa shape index (κ3) is 3.52. The SMILES string of the molecule is COc1cccc2c1C(=O)c1c(O)c3c(c(O)c1C2=O)CC(=O)CC3OC1CC(N)C(O)C(C)O1. The Morgan fingerprint density at radius 1 is 1.06 bits per heavy atom. The summed E-state index contributed by atoms with van der Waals surface area (Å²) < 4.78 is 16.9. The molecular formula is C25H25NO9. The predicted molar refractivity (Wildman–Crippen MR) is 120 cm³/mol. The minimum Gasteiger partial charge on any atom is -0.507 e. The van der Waals surface area contributed by atoms with Crippen molar-refractivity contribution in [1.82, 2.24) is 0 Å². The number of nitrogens with two attached hydrogens (primary N) is 1. The van der Waals surface area contributed by atoms with Crippen molar-refractivity contribution in [2.45, 2.75) is 56.8 Å². The molecule has 1 aliphatic heterocycles. The molecule has 3 aliphatic rings. The third-order valence-electron chi connectivity index (χ3n) is 6.94. The van der Waals surface area contributed by atoms with E-state index in [0.29, 0.717) is 0 Å². The monoisotopic (exact) mass is 483 g/mol. The van der Waals surface area contributed by atoms with Gasteiger partial charge in [0.15, 0.2) is 12.1 Å². The molecule has 35 heavy (non-hydrogen) atoms. The van der Waals surface area contributed by atoms with Crippen LogP contribution in [-0.2, 0) is 20.7 Å². The molecule has 5 unspecified atom stereocenters. The highest BCUT2D eigenvalue weighted by molar-refractivity contribution is 6.31. The van der Waals surface area contributed by atoms with Gasteiger partial charge in [-0.1, -0.05) is 12.1 Å². The van der Waals surface area contributed by atoms with E-state index in [-0.39, 0.29) is 64.2 Å². The van der Waals surface area contributed by atoms with Crippen molar-refractivity contribution in [3.63, 3.8) is 0 Å². The molecule has 184 valence electrons. The Morgan fingerprint density at radius 2 is 1.77 bits per heavy atom. The van der Waals surface area contributed by atoms with E-state index in [1.165, 1.54) is 19.2 Å². The Morgan fingerprint density at radius 3 is 2.46 bits per heavy atom. The van der Waals surface area contributed by atoms with Crippen LogP contribution in [0.25, 0.3) is 0 Å². The second kappa shape index (κ2) is 8.42. The van der Waals surface area contributed by atoms with Crippen LogP contribution in [0.2, 0.25) is 0 Å². The molecule has 10 heteroatoms. The topological polar surface area (TPSA) is 166 Å². The summed E-state index contributed by atoms with van der Waals surface area (Å²) in [5.41, 5.74) is 5.36. The summed E-state index contributed by atoms with van der Waals surface area (Å²) >= 11 is 0. The molecule has 0 saturated carbocycles. The molecule has 5 N–H and O–H groups in total. The Bertz CT molecular complexity index is 1260. The maximum absolute atomic E-state index is 13.5. The largest absolute Gasteiger partial charge is 0.507 e. The van der Waals surface area contributed by atoms with Crippen molar-refractivity contribution in [3.05, 3.63) is 51.6 Å². The fraction of sp³-hybridized carbons (Fsp3) is 0.400. The number of fused-ring (bicyclic) bond motifs is 3. The average Bonchev–Trinajstić information content (AvgIpc) is 2.82. The molecule has 0 bridgehead atoms. The molecular weight excluding hydrogens is 458 g/mol. The van der Waals surface area contributed by atoms with Crippen molar-refractivity contribution in [1.29, 1.82) is 0 Å². The van der Waals surface area contributed by atoms with E-state index in [4.69, 9.17) is 19.9 Å². The van der Waals surface area contributed by atoms with Crippen molar-refractivity contribution in [3.8, 4) is 17.2 Å². The lowest BCUT2D eigenvalue weighted by Crippen LogP contribution is -2.52. The Labute approximate surface area is 200 Å². The zero-order valence-electron chi connectivity index (χ0n) is 19.1. The summed E-state index contributed by atoms with van der Waals surface area (Å²) in [4.78, 5) is 39.4. The van der Waals surface area contributed by atoms with Crippen LogP contribution in [0.3, 0.4) is 0 Å². The van der Waals surface area contributed by atoms with Crippen molar-refractivity contribution in [2.24, 2.45) is 5.73 Å². The number of carbonyl (C=O) groups is 3. The molecule has 2 aromatic rings. The standard InChI is InChI=1S/C25H25NO9/c1-9-21(28)13(26)8-16(34-9)35-15-7-10(27)6-12-18(15)25(32)20-19(23(12)30)22(29)11-4-3-5-14(33-2)17(11)24(20)31/h3-5,9,13,15-16,21,28,30,32H,6-8,26H2,1-2H3. The molecule has 1 heterocycles. The van der Waals surface area contributed by atoms with Gasteiger partial charge in [0.25, 0.3) is 0 Å². The maximum atomic E-state index is 13.5. The van der Waals surface area contributed by atoms with E-state index >= 15 is 0 Å². The van der Waals surface area contributed by atoms with Crippen molar-refractivity contribution >= 4 is 17.3 Å². The average molecular weight is 483 g/mol. The summed E-state index contributed by atoms with van der Waals surface area (Å²) in [6.45, 7) is 1.63. The highest BCUT2D eigenvalue weighted by Gasteiger charge is 2.44. The number of phenols is 2. The molecule has 0 aromatic heterocycles. The van der Waals surface area contributed by atoms with Crippen LogP contribution in [-0.4, -0.2) is 64.3 Å². The number of hydrogen-bond donors (Lipinski definition) is 4. The van der Waals surface area contributed by atoms with Gasteiger partial charge >= 0.3 is 0 Å². The molecule has 1 saturated heterocycles. The second-order valence-electron chi connectivity index (χ2n) is 9.09. The van der Waals surface area contributed by atoms with Crippen LogP contribution >= 0.6 is 0 Å². The van der Waals surface area contributed by atoms with E-state index in [9.17, 15) is 29.7 Å². The lowest BCUT2D eigenvalue weighted by atomic mass is 9.76. The Balaban J connectivity index is 1.63. The number of rotatable bonds is 3. The van der Waals surface area contributed by atoms with Crippen LogP contribution < -0.4 is 10.5 Å². The summed E-state index contributed by atoms with van der Waals surface area (Å²) in [5, 5.41) is 32.4. The van der Waals surface area contributed by atoms with Gasteiger partial charge in [-0.05, 0) is 13.0 Å². The summed E-state index contributed by atoms with van der Waals surface area (Å²) in [7, 11) is 1.36. The van der Waals surface area contributed by atoms with Gasteiger partial charge in [0.1, 0.15) is 23.0 Å². The number of methoxy groups -OCH3 is 1. The lowest BCUT2D eigenvalue weighted by Gasteiger charge is -2.38. The summed E-state index contributed by atoms with van der Waals surface area (Å²) in [5.74, 6) is -2.56. The quantitative estimate of drug-likeness (QED) is 0.399. The van der Waals surface area contributed by atoms with Gasteiger partial charge in [-0.2, -0.15) is 0 Å². The van der Waals surface area contributed by atoms with Gasteiger partial charge < -0.3 is 35.3 Å². The highest BCUT2D eigenvalue weighted by atomic mass is 16.7. The molecule has 2 aliphatic carbocycles. The number of phenolic OH excluding ortho intramolecular Hbond substituents is 2. The summed E-state index contributed by atoms with van der Waals surface area (Å²) in [6.07, 6.45) is -3.74. The van der Waals surface area contributed by atoms with E-state index < -0.39 is 53.7 Å². The number of carbonyl (C=O) groups excluding carboxylic acids is 3.